The van der Waals surface area contributed by atoms with Crippen molar-refractivity contribution in [1.82, 2.24) is 4.90 Å². The van der Waals surface area contributed by atoms with Crippen LogP contribution in [0.2, 0.25) is 0 Å². The fourth-order valence-corrected chi connectivity index (χ4v) is 2.37. The van der Waals surface area contributed by atoms with E-state index < -0.39 is 35.4 Å². The highest BCUT2D eigenvalue weighted by Gasteiger charge is 2.34. The lowest BCUT2D eigenvalue weighted by Crippen LogP contribution is -2.37. The number of carbonyl (C=O) groups excluding carboxylic acids is 1. The number of carbonyl (C=O) groups is 1. The number of hydrogen-bond donors (Lipinski definition) is 1. The summed E-state index contributed by atoms with van der Waals surface area (Å²) in [5.41, 5.74) is -0.887. The van der Waals surface area contributed by atoms with Crippen LogP contribution in [0.4, 0.5) is 26.7 Å². The van der Waals surface area contributed by atoms with E-state index in [-0.39, 0.29) is 31.9 Å². The smallest absolute Gasteiger partial charge is 0.444 e. The SMILES string of the molecule is CC(C)(C)OC(=O)N(CCCCOCCO)Cc1cc(F)c(OC(F)(F)F)c(F)c1. The Balaban J connectivity index is 2.90. The van der Waals surface area contributed by atoms with Gasteiger partial charge in [0, 0.05) is 19.7 Å². The van der Waals surface area contributed by atoms with Crippen molar-refractivity contribution in [3.8, 4) is 5.75 Å². The van der Waals surface area contributed by atoms with Crippen LogP contribution in [0.3, 0.4) is 0 Å². The third-order valence-electron chi connectivity index (χ3n) is 3.50. The zero-order valence-corrected chi connectivity index (χ0v) is 17.0. The molecule has 0 spiro atoms. The van der Waals surface area contributed by atoms with Gasteiger partial charge in [-0.05, 0) is 51.3 Å². The molecule has 0 saturated heterocycles. The topological polar surface area (TPSA) is 68.2 Å². The van der Waals surface area contributed by atoms with E-state index in [9.17, 15) is 26.7 Å². The molecule has 0 unspecified atom stereocenters. The Kier molecular flexibility index (Phi) is 9.76. The maximum Gasteiger partial charge on any atom is 0.573 e. The Bertz CT molecular complexity index is 668. The molecule has 11 heteroatoms. The van der Waals surface area contributed by atoms with E-state index in [0.717, 1.165) is 0 Å². The minimum atomic E-state index is -5.25. The fourth-order valence-electron chi connectivity index (χ4n) is 2.37. The number of alkyl halides is 3. The van der Waals surface area contributed by atoms with Crippen molar-refractivity contribution in [3.63, 3.8) is 0 Å². The molecule has 0 bridgehead atoms. The molecular formula is C19H26F5NO5. The maximum atomic E-state index is 14.0. The van der Waals surface area contributed by atoms with Gasteiger partial charge in [0.1, 0.15) is 5.60 Å². The summed E-state index contributed by atoms with van der Waals surface area (Å²) in [4.78, 5) is 13.6. The van der Waals surface area contributed by atoms with E-state index in [2.05, 4.69) is 4.74 Å². The Hall–Kier alpha value is -2.14. The van der Waals surface area contributed by atoms with Crippen LogP contribution in [-0.4, -0.2) is 54.4 Å². The number of halogens is 5. The third kappa shape index (κ3) is 10.1. The van der Waals surface area contributed by atoms with E-state index >= 15 is 0 Å². The Morgan fingerprint density at radius 1 is 1.07 bits per heavy atom. The second kappa shape index (κ2) is 11.3. The van der Waals surface area contributed by atoms with Crippen molar-refractivity contribution >= 4 is 6.09 Å². The molecule has 1 N–H and O–H groups in total. The van der Waals surface area contributed by atoms with E-state index in [4.69, 9.17) is 14.6 Å². The van der Waals surface area contributed by atoms with Crippen LogP contribution >= 0.6 is 0 Å². The zero-order valence-electron chi connectivity index (χ0n) is 17.0. The van der Waals surface area contributed by atoms with E-state index in [1.54, 1.807) is 20.8 Å². The van der Waals surface area contributed by atoms with Crippen molar-refractivity contribution in [2.45, 2.75) is 52.1 Å². The zero-order chi connectivity index (χ0) is 22.9. The Morgan fingerprint density at radius 3 is 2.17 bits per heavy atom. The summed E-state index contributed by atoms with van der Waals surface area (Å²) in [5, 5.41) is 8.66. The van der Waals surface area contributed by atoms with Gasteiger partial charge in [0.15, 0.2) is 11.6 Å². The molecule has 6 nitrogen and oxygen atoms in total. The normalized spacial score (nSPS) is 12.0. The average Bonchev–Trinajstić information content (AvgIpc) is 2.57. The van der Waals surface area contributed by atoms with Gasteiger partial charge in [-0.1, -0.05) is 0 Å². The summed E-state index contributed by atoms with van der Waals surface area (Å²) in [6.45, 7) is 5.22. The number of nitrogens with zero attached hydrogens (tertiary/aromatic N) is 1. The molecule has 1 aromatic carbocycles. The molecule has 0 aromatic heterocycles. The molecule has 0 heterocycles. The molecule has 0 radical (unpaired) electrons. The van der Waals surface area contributed by atoms with Crippen molar-refractivity contribution in [2.75, 3.05) is 26.4 Å². The lowest BCUT2D eigenvalue weighted by atomic mass is 10.1. The summed E-state index contributed by atoms with van der Waals surface area (Å²) in [6, 6.07) is 1.35. The number of benzene rings is 1. The molecule has 172 valence electrons. The summed E-state index contributed by atoms with van der Waals surface area (Å²) in [7, 11) is 0. The van der Waals surface area contributed by atoms with Gasteiger partial charge in [-0.25, -0.2) is 13.6 Å². The van der Waals surface area contributed by atoms with Gasteiger partial charge < -0.3 is 24.2 Å². The van der Waals surface area contributed by atoms with Gasteiger partial charge in [0.05, 0.1) is 13.2 Å². The predicted molar refractivity (Wildman–Crippen MR) is 96.8 cm³/mol. The largest absolute Gasteiger partial charge is 0.573 e. The van der Waals surface area contributed by atoms with Gasteiger partial charge in [0.2, 0.25) is 5.75 Å². The molecule has 0 atom stereocenters. The fraction of sp³-hybridized carbons (Fsp3) is 0.632. The van der Waals surface area contributed by atoms with Crippen LogP contribution in [0.25, 0.3) is 0 Å². The van der Waals surface area contributed by atoms with Crippen molar-refractivity contribution in [3.05, 3.63) is 29.3 Å². The molecule has 0 saturated carbocycles. The maximum absolute atomic E-state index is 14.0. The van der Waals surface area contributed by atoms with Crippen LogP contribution in [-0.2, 0) is 16.0 Å². The van der Waals surface area contributed by atoms with Crippen LogP contribution in [0, 0.1) is 11.6 Å². The van der Waals surface area contributed by atoms with E-state index in [0.29, 0.717) is 31.6 Å². The molecule has 0 aliphatic rings. The predicted octanol–water partition coefficient (Wildman–Crippen LogP) is 4.39. The number of amides is 1. The van der Waals surface area contributed by atoms with Gasteiger partial charge in [-0.15, -0.1) is 13.2 Å². The van der Waals surface area contributed by atoms with E-state index in [1.807, 2.05) is 0 Å². The second-order valence-electron chi connectivity index (χ2n) is 7.38. The number of rotatable bonds is 10. The number of aliphatic hydroxyl groups is 1. The first-order chi connectivity index (χ1) is 13.8. The van der Waals surface area contributed by atoms with Gasteiger partial charge in [-0.2, -0.15) is 0 Å². The summed E-state index contributed by atoms with van der Waals surface area (Å²) in [6.07, 6.45) is -4.98. The monoisotopic (exact) mass is 443 g/mol. The molecule has 1 aromatic rings. The minimum Gasteiger partial charge on any atom is -0.444 e. The number of aliphatic hydroxyl groups excluding tert-OH is 1. The van der Waals surface area contributed by atoms with Crippen molar-refractivity contribution in [1.29, 1.82) is 0 Å². The van der Waals surface area contributed by atoms with Gasteiger partial charge >= 0.3 is 12.5 Å². The Morgan fingerprint density at radius 2 is 1.67 bits per heavy atom. The van der Waals surface area contributed by atoms with Crippen LogP contribution in [0.5, 0.6) is 5.75 Å². The van der Waals surface area contributed by atoms with Crippen molar-refractivity contribution in [2.24, 2.45) is 0 Å². The summed E-state index contributed by atoms with van der Waals surface area (Å²) < 4.78 is 78.5. The molecule has 1 amide bonds. The number of unbranched alkanes of at least 4 members (excludes halogenated alkanes) is 1. The molecule has 0 aliphatic carbocycles. The first kappa shape index (κ1) is 25.9. The second-order valence-corrected chi connectivity index (χ2v) is 7.38. The van der Waals surface area contributed by atoms with Gasteiger partial charge in [-0.3, -0.25) is 0 Å². The first-order valence-corrected chi connectivity index (χ1v) is 9.22. The molecule has 1 rings (SSSR count). The average molecular weight is 443 g/mol. The minimum absolute atomic E-state index is 0.0677. The summed E-state index contributed by atoms with van der Waals surface area (Å²) >= 11 is 0. The van der Waals surface area contributed by atoms with E-state index in [1.165, 1.54) is 4.90 Å². The molecular weight excluding hydrogens is 417 g/mol. The highest BCUT2D eigenvalue weighted by Crippen LogP contribution is 2.30. The quantitative estimate of drug-likeness (QED) is 0.429. The lowest BCUT2D eigenvalue weighted by Gasteiger charge is -2.27. The molecule has 30 heavy (non-hydrogen) atoms. The number of ether oxygens (including phenoxy) is 3. The Labute approximate surface area is 171 Å². The molecule has 0 aliphatic heterocycles. The highest BCUT2D eigenvalue weighted by atomic mass is 19.4. The van der Waals surface area contributed by atoms with Gasteiger partial charge in [0.25, 0.3) is 0 Å². The molecule has 0 fully saturated rings. The highest BCUT2D eigenvalue weighted by molar-refractivity contribution is 5.68. The van der Waals surface area contributed by atoms with Crippen molar-refractivity contribution < 1.29 is 46.1 Å². The first-order valence-electron chi connectivity index (χ1n) is 9.22. The number of hydrogen-bond acceptors (Lipinski definition) is 5. The summed E-state index contributed by atoms with van der Waals surface area (Å²) in [5.74, 6) is -4.64. The van der Waals surface area contributed by atoms with Crippen LogP contribution in [0.1, 0.15) is 39.2 Å². The van der Waals surface area contributed by atoms with Crippen LogP contribution < -0.4 is 4.74 Å². The van der Waals surface area contributed by atoms with Crippen LogP contribution in [0.15, 0.2) is 12.1 Å². The standard InChI is InChI=1S/C19H26F5NO5/c1-18(2,3)30-17(27)25(6-4-5-8-28-9-7-26)12-13-10-14(20)16(15(21)11-13)29-19(22,23)24/h10-11,26H,4-9,12H2,1-3H3. The lowest BCUT2D eigenvalue weighted by molar-refractivity contribution is -0.276. The third-order valence-corrected chi connectivity index (χ3v) is 3.50.